The summed E-state index contributed by atoms with van der Waals surface area (Å²) in [5.74, 6) is 2.86. The topological polar surface area (TPSA) is 34.9 Å². The van der Waals surface area contributed by atoms with Crippen molar-refractivity contribution >= 4 is 40.6 Å². The van der Waals surface area contributed by atoms with Gasteiger partial charge in [0, 0.05) is 27.6 Å². The van der Waals surface area contributed by atoms with Crippen molar-refractivity contribution in [2.45, 2.75) is 70.6 Å². The fraction of sp³-hybridized carbons (Fsp3) is 0.484. The Hall–Kier alpha value is -1.81. The van der Waals surface area contributed by atoms with Crippen LogP contribution in [0.1, 0.15) is 79.4 Å². The van der Waals surface area contributed by atoms with E-state index in [-0.39, 0.29) is 5.78 Å². The normalized spacial score (nSPS) is 27.6. The number of carbonyl (C=O) groups is 1. The van der Waals surface area contributed by atoms with E-state index < -0.39 is 0 Å². The van der Waals surface area contributed by atoms with Crippen LogP contribution >= 0.6 is 34.8 Å². The lowest BCUT2D eigenvalue weighted by molar-refractivity contribution is -0.0570. The van der Waals surface area contributed by atoms with Gasteiger partial charge in [-0.3, -0.25) is 4.79 Å². The SMILES string of the molecule is O=C(CCC12CC3CC(CC(C3)C1)C2)c1nn(-c2ccc(Cl)cc2Cl)c2c1CCCc1cc(Cl)ccc1-2. The third kappa shape index (κ3) is 4.26. The van der Waals surface area contributed by atoms with E-state index in [1.165, 1.54) is 44.1 Å². The summed E-state index contributed by atoms with van der Waals surface area (Å²) >= 11 is 19.3. The van der Waals surface area contributed by atoms with Gasteiger partial charge in [-0.2, -0.15) is 5.10 Å². The Kier molecular flexibility index (Phi) is 5.99. The first-order valence-corrected chi connectivity index (χ1v) is 14.9. The van der Waals surface area contributed by atoms with E-state index in [9.17, 15) is 4.79 Å². The van der Waals surface area contributed by atoms with Crippen molar-refractivity contribution in [3.8, 4) is 16.9 Å². The smallest absolute Gasteiger partial charge is 0.183 e. The maximum Gasteiger partial charge on any atom is 0.183 e. The van der Waals surface area contributed by atoms with Crippen molar-refractivity contribution in [2.75, 3.05) is 0 Å². The van der Waals surface area contributed by atoms with Crippen molar-refractivity contribution in [3.63, 3.8) is 0 Å². The number of hydrogen-bond acceptors (Lipinski definition) is 2. The Morgan fingerprint density at radius 3 is 2.30 bits per heavy atom. The first kappa shape index (κ1) is 24.2. The maximum atomic E-state index is 13.9. The molecule has 1 aromatic heterocycles. The van der Waals surface area contributed by atoms with E-state index in [0.717, 1.165) is 71.0 Å². The molecule has 8 rings (SSSR count). The summed E-state index contributed by atoms with van der Waals surface area (Å²) in [6, 6.07) is 11.5. The number of ketones is 1. The minimum Gasteiger partial charge on any atom is -0.292 e. The number of carbonyl (C=O) groups excluding carboxylic acids is 1. The summed E-state index contributed by atoms with van der Waals surface area (Å²) < 4.78 is 1.88. The largest absolute Gasteiger partial charge is 0.292 e. The molecule has 0 amide bonds. The van der Waals surface area contributed by atoms with Gasteiger partial charge in [0.25, 0.3) is 0 Å². The van der Waals surface area contributed by atoms with Gasteiger partial charge in [0.05, 0.1) is 16.4 Å². The fourth-order valence-electron chi connectivity index (χ4n) is 8.56. The number of aromatic nitrogens is 2. The number of fused-ring (bicyclic) bond motifs is 3. The summed E-state index contributed by atoms with van der Waals surface area (Å²) in [6.07, 6.45) is 12.5. The van der Waals surface area contributed by atoms with Crippen LogP contribution in [0.5, 0.6) is 0 Å². The summed E-state index contributed by atoms with van der Waals surface area (Å²) in [5.41, 5.74) is 6.01. The molecule has 0 radical (unpaired) electrons. The Morgan fingerprint density at radius 2 is 1.59 bits per heavy atom. The summed E-state index contributed by atoms with van der Waals surface area (Å²) in [4.78, 5) is 13.9. The van der Waals surface area contributed by atoms with E-state index in [0.29, 0.717) is 27.6 Å². The molecular weight excluding hydrogens is 523 g/mol. The molecule has 5 aliphatic rings. The van der Waals surface area contributed by atoms with Gasteiger partial charge in [-0.25, -0.2) is 4.68 Å². The van der Waals surface area contributed by atoms with Crippen LogP contribution in [-0.4, -0.2) is 15.6 Å². The third-order valence-corrected chi connectivity index (χ3v) is 10.4. The molecule has 2 aromatic carbocycles. The van der Waals surface area contributed by atoms with Crippen molar-refractivity contribution in [1.29, 1.82) is 0 Å². The molecule has 0 atom stereocenters. The molecule has 3 aromatic rings. The van der Waals surface area contributed by atoms with Crippen molar-refractivity contribution in [3.05, 3.63) is 68.3 Å². The Morgan fingerprint density at radius 1 is 0.919 bits per heavy atom. The van der Waals surface area contributed by atoms with E-state index >= 15 is 0 Å². The van der Waals surface area contributed by atoms with Gasteiger partial charge in [0.15, 0.2) is 5.78 Å². The lowest BCUT2D eigenvalue weighted by Gasteiger charge is -2.57. The first-order valence-electron chi connectivity index (χ1n) is 13.8. The number of aryl methyl sites for hydroxylation is 1. The van der Waals surface area contributed by atoms with Crippen LogP contribution in [0.4, 0.5) is 0 Å². The second-order valence-electron chi connectivity index (χ2n) is 12.2. The highest BCUT2D eigenvalue weighted by Gasteiger charge is 2.50. The highest BCUT2D eigenvalue weighted by Crippen LogP contribution is 2.61. The lowest BCUT2D eigenvalue weighted by atomic mass is 9.48. The molecule has 192 valence electrons. The van der Waals surface area contributed by atoms with Crippen LogP contribution < -0.4 is 0 Å². The molecule has 1 heterocycles. The maximum absolute atomic E-state index is 13.9. The number of nitrogens with zero attached hydrogens (tertiary/aromatic N) is 2. The Balaban J connectivity index is 1.28. The molecule has 37 heavy (non-hydrogen) atoms. The summed E-state index contributed by atoms with van der Waals surface area (Å²) in [7, 11) is 0. The molecule has 0 N–H and O–H groups in total. The van der Waals surface area contributed by atoms with Gasteiger partial charge in [0.1, 0.15) is 5.69 Å². The van der Waals surface area contributed by atoms with Crippen LogP contribution in [0.15, 0.2) is 36.4 Å². The fourth-order valence-corrected chi connectivity index (χ4v) is 9.25. The molecule has 0 saturated heterocycles. The number of benzene rings is 2. The zero-order valence-electron chi connectivity index (χ0n) is 20.9. The van der Waals surface area contributed by atoms with Gasteiger partial charge in [0.2, 0.25) is 0 Å². The zero-order valence-corrected chi connectivity index (χ0v) is 23.2. The number of halogens is 3. The minimum absolute atomic E-state index is 0.174. The van der Waals surface area contributed by atoms with Gasteiger partial charge in [-0.05, 0) is 123 Å². The molecule has 0 aliphatic heterocycles. The van der Waals surface area contributed by atoms with Crippen LogP contribution in [0.2, 0.25) is 15.1 Å². The van der Waals surface area contributed by atoms with Crippen molar-refractivity contribution < 1.29 is 4.79 Å². The van der Waals surface area contributed by atoms with Gasteiger partial charge in [-0.1, -0.05) is 40.9 Å². The standard InChI is InChI=1S/C31H31Cl3N2O/c32-22-4-6-24-21(13-22)2-1-3-25-29(35-36(30(24)25)27-7-5-23(33)14-26(27)34)28(37)8-9-31-15-18-10-19(16-31)12-20(11-18)17-31/h4-7,13-14,18-20H,1-3,8-12,15-17H2. The predicted molar refractivity (Wildman–Crippen MR) is 150 cm³/mol. The highest BCUT2D eigenvalue weighted by atomic mass is 35.5. The second-order valence-corrected chi connectivity index (χ2v) is 13.5. The highest BCUT2D eigenvalue weighted by molar-refractivity contribution is 6.35. The summed E-state index contributed by atoms with van der Waals surface area (Å²) in [6.45, 7) is 0. The molecular formula is C31H31Cl3N2O. The molecule has 0 unspecified atom stereocenters. The summed E-state index contributed by atoms with van der Waals surface area (Å²) in [5, 5.41) is 6.81. The molecule has 3 nitrogen and oxygen atoms in total. The Bertz CT molecular complexity index is 1370. The minimum atomic E-state index is 0.174. The molecule has 6 heteroatoms. The average Bonchev–Trinajstić information content (AvgIpc) is 3.10. The van der Waals surface area contributed by atoms with E-state index in [1.54, 1.807) is 6.07 Å². The Labute approximate surface area is 233 Å². The van der Waals surface area contributed by atoms with Crippen LogP contribution in [-0.2, 0) is 12.8 Å². The van der Waals surface area contributed by atoms with Crippen LogP contribution in [0, 0.1) is 23.2 Å². The monoisotopic (exact) mass is 552 g/mol. The molecule has 0 spiro atoms. The second kappa shape index (κ2) is 9.14. The number of Topliss-reactive ketones (excluding diaryl/α,β-unsaturated/α-hetero) is 1. The van der Waals surface area contributed by atoms with Gasteiger partial charge >= 0.3 is 0 Å². The van der Waals surface area contributed by atoms with E-state index in [1.807, 2.05) is 28.9 Å². The van der Waals surface area contributed by atoms with Crippen LogP contribution in [0.25, 0.3) is 16.9 Å². The van der Waals surface area contributed by atoms with Crippen molar-refractivity contribution in [2.24, 2.45) is 23.2 Å². The molecule has 5 aliphatic carbocycles. The number of hydrogen-bond donors (Lipinski definition) is 0. The van der Waals surface area contributed by atoms with Gasteiger partial charge in [-0.15, -0.1) is 0 Å². The lowest BCUT2D eigenvalue weighted by Crippen LogP contribution is -2.46. The average molecular weight is 554 g/mol. The molecule has 4 bridgehead atoms. The first-order chi connectivity index (χ1) is 17.9. The van der Waals surface area contributed by atoms with E-state index in [2.05, 4.69) is 6.07 Å². The zero-order chi connectivity index (χ0) is 25.3. The quantitative estimate of drug-likeness (QED) is 0.295. The molecule has 4 fully saturated rings. The van der Waals surface area contributed by atoms with Gasteiger partial charge < -0.3 is 0 Å². The number of rotatable bonds is 5. The molecule has 4 saturated carbocycles. The van der Waals surface area contributed by atoms with Crippen molar-refractivity contribution in [1.82, 2.24) is 9.78 Å². The predicted octanol–water partition coefficient (Wildman–Crippen LogP) is 9.17. The van der Waals surface area contributed by atoms with Crippen LogP contribution in [0.3, 0.4) is 0 Å². The third-order valence-electron chi connectivity index (χ3n) is 9.63. The van der Waals surface area contributed by atoms with E-state index in [4.69, 9.17) is 39.9 Å².